The van der Waals surface area contributed by atoms with Crippen LogP contribution >= 0.6 is 0 Å². The number of hydrogen-bond acceptors (Lipinski definition) is 6. The van der Waals surface area contributed by atoms with E-state index in [2.05, 4.69) is 15.5 Å². The van der Waals surface area contributed by atoms with Crippen molar-refractivity contribution in [1.82, 2.24) is 30.1 Å². The number of rotatable bonds is 4. The molecule has 0 unspecified atom stereocenters. The molecule has 2 aliphatic heterocycles. The van der Waals surface area contributed by atoms with Gasteiger partial charge in [0, 0.05) is 38.2 Å². The van der Waals surface area contributed by atoms with Crippen molar-refractivity contribution in [2.45, 2.75) is 25.3 Å². The molecule has 2 aliphatic rings. The van der Waals surface area contributed by atoms with Crippen LogP contribution in [0.15, 0.2) is 66.7 Å². The predicted molar refractivity (Wildman–Crippen MR) is 157 cm³/mol. The van der Waals surface area contributed by atoms with Crippen molar-refractivity contribution >= 4 is 28.8 Å². The van der Waals surface area contributed by atoms with E-state index in [9.17, 15) is 23.2 Å². The minimum absolute atomic E-state index is 0.0214. The molecule has 0 radical (unpaired) electrons. The lowest BCUT2D eigenvalue weighted by Gasteiger charge is -2.24. The molecule has 0 saturated carbocycles. The van der Waals surface area contributed by atoms with Gasteiger partial charge in [-0.2, -0.15) is 15.0 Å². The van der Waals surface area contributed by atoms with E-state index in [4.69, 9.17) is 4.74 Å². The topological polar surface area (TPSA) is 110 Å². The van der Waals surface area contributed by atoms with Gasteiger partial charge in [0.1, 0.15) is 41.6 Å². The molecule has 3 heterocycles. The fraction of sp³-hybridized carbons (Fsp3) is 0.344. The standard InChI is InChI=1S/C32H32F2N6O4/c33-23-13-21(14-24(34)17-23)15-30(41)39-18-26-22-5-3-6-25(16-22)44-12-11-38(10-4-9-35-32(43)27(26)19-39)31(42)20-40-36-28-7-1-2-8-29(28)37-40/h1-3,5-8,13-14,16-17,26-27H,4,9-12,15,18-20H2,(H,35,43)/t26-,27+/m1/s1. The average molecular weight is 603 g/mol. The number of nitrogens with one attached hydrogen (secondary N) is 1. The van der Waals surface area contributed by atoms with Gasteiger partial charge in [-0.25, -0.2) is 8.78 Å². The molecule has 12 heteroatoms. The highest BCUT2D eigenvalue weighted by atomic mass is 19.1. The first-order chi connectivity index (χ1) is 21.3. The Morgan fingerprint density at radius 1 is 0.864 bits per heavy atom. The van der Waals surface area contributed by atoms with Crippen LogP contribution in [0.4, 0.5) is 8.78 Å². The number of amides is 3. The van der Waals surface area contributed by atoms with E-state index < -0.39 is 17.6 Å². The van der Waals surface area contributed by atoms with Crippen LogP contribution in [0.3, 0.4) is 0 Å². The smallest absolute Gasteiger partial charge is 0.246 e. The van der Waals surface area contributed by atoms with Crippen LogP contribution < -0.4 is 10.1 Å². The van der Waals surface area contributed by atoms with Gasteiger partial charge in [-0.1, -0.05) is 24.3 Å². The maximum Gasteiger partial charge on any atom is 0.246 e. The van der Waals surface area contributed by atoms with Gasteiger partial charge in [0.15, 0.2) is 0 Å². The van der Waals surface area contributed by atoms with Crippen molar-refractivity contribution in [1.29, 1.82) is 0 Å². The Hall–Kier alpha value is -4.87. The van der Waals surface area contributed by atoms with Crippen LogP contribution in [0.2, 0.25) is 0 Å². The zero-order chi connectivity index (χ0) is 30.6. The summed E-state index contributed by atoms with van der Waals surface area (Å²) < 4.78 is 33.5. The number of aromatic nitrogens is 3. The lowest BCUT2D eigenvalue weighted by Crippen LogP contribution is -2.40. The van der Waals surface area contributed by atoms with Gasteiger partial charge in [-0.15, -0.1) is 0 Å². The Morgan fingerprint density at radius 2 is 1.59 bits per heavy atom. The molecular weight excluding hydrogens is 570 g/mol. The summed E-state index contributed by atoms with van der Waals surface area (Å²) in [7, 11) is 0. The van der Waals surface area contributed by atoms with Crippen LogP contribution in [0.5, 0.6) is 5.75 Å². The fourth-order valence-corrected chi connectivity index (χ4v) is 5.89. The summed E-state index contributed by atoms with van der Waals surface area (Å²) in [6.45, 7) is 1.78. The SMILES string of the molecule is O=C1NCCCN(C(=O)Cn2nc3ccccc3n2)CCOc2cccc(c2)[C@H]2CN(C(=O)Cc3cc(F)cc(F)c3)C[C@H]12. The Kier molecular flexibility index (Phi) is 8.49. The quantitative estimate of drug-likeness (QED) is 0.385. The number of halogens is 2. The monoisotopic (exact) mass is 602 g/mol. The molecular formula is C32H32F2N6O4. The number of benzene rings is 3. The lowest BCUT2D eigenvalue weighted by molar-refractivity contribution is -0.132. The summed E-state index contributed by atoms with van der Waals surface area (Å²) >= 11 is 0. The van der Waals surface area contributed by atoms with E-state index in [1.165, 1.54) is 4.80 Å². The molecule has 44 heavy (non-hydrogen) atoms. The largest absolute Gasteiger partial charge is 0.492 e. The van der Waals surface area contributed by atoms with Gasteiger partial charge in [-0.05, 0) is 53.9 Å². The third-order valence-corrected chi connectivity index (χ3v) is 8.06. The first-order valence-corrected chi connectivity index (χ1v) is 14.6. The normalized spacial score (nSPS) is 19.2. The molecule has 0 spiro atoms. The number of carbonyl (C=O) groups excluding carboxylic acids is 3. The van der Waals surface area contributed by atoms with E-state index in [0.717, 1.165) is 23.8 Å². The second-order valence-corrected chi connectivity index (χ2v) is 11.1. The van der Waals surface area contributed by atoms with E-state index >= 15 is 0 Å². The van der Waals surface area contributed by atoms with Crippen molar-refractivity contribution in [3.05, 3.63) is 89.5 Å². The first-order valence-electron chi connectivity index (χ1n) is 14.6. The van der Waals surface area contributed by atoms with Gasteiger partial charge in [0.2, 0.25) is 17.7 Å². The number of carbonyl (C=O) groups is 3. The van der Waals surface area contributed by atoms with Crippen molar-refractivity contribution in [3.63, 3.8) is 0 Å². The summed E-state index contributed by atoms with van der Waals surface area (Å²) in [5, 5.41) is 11.8. The zero-order valence-corrected chi connectivity index (χ0v) is 24.0. The molecule has 1 saturated heterocycles. The summed E-state index contributed by atoms with van der Waals surface area (Å²) in [6.07, 6.45) is 0.343. The molecule has 4 aromatic rings. The van der Waals surface area contributed by atoms with Crippen molar-refractivity contribution < 1.29 is 27.9 Å². The molecule has 10 nitrogen and oxygen atoms in total. The Morgan fingerprint density at radius 3 is 2.34 bits per heavy atom. The number of fused-ring (bicyclic) bond motifs is 5. The molecule has 2 bridgehead atoms. The molecule has 1 aromatic heterocycles. The van der Waals surface area contributed by atoms with E-state index in [-0.39, 0.29) is 61.9 Å². The van der Waals surface area contributed by atoms with Gasteiger partial charge < -0.3 is 19.9 Å². The summed E-state index contributed by atoms with van der Waals surface area (Å²) in [5.41, 5.74) is 2.50. The second-order valence-electron chi connectivity index (χ2n) is 11.1. The Bertz CT molecular complexity index is 1640. The molecule has 3 amide bonds. The van der Waals surface area contributed by atoms with Gasteiger partial charge in [-0.3, -0.25) is 14.4 Å². The lowest BCUT2D eigenvalue weighted by atomic mass is 9.88. The summed E-state index contributed by atoms with van der Waals surface area (Å²) in [6, 6.07) is 17.9. The molecule has 6 rings (SSSR count). The van der Waals surface area contributed by atoms with Crippen LogP contribution in [-0.2, 0) is 27.3 Å². The van der Waals surface area contributed by atoms with Gasteiger partial charge >= 0.3 is 0 Å². The van der Waals surface area contributed by atoms with Crippen LogP contribution in [-0.4, -0.2) is 81.8 Å². The first kappa shape index (κ1) is 29.2. The van der Waals surface area contributed by atoms with Crippen molar-refractivity contribution in [2.75, 3.05) is 39.3 Å². The molecule has 228 valence electrons. The maximum atomic E-state index is 13.7. The molecule has 0 aliphatic carbocycles. The van der Waals surface area contributed by atoms with Crippen molar-refractivity contribution in [2.24, 2.45) is 5.92 Å². The van der Waals surface area contributed by atoms with Crippen LogP contribution in [0.1, 0.15) is 23.5 Å². The highest BCUT2D eigenvalue weighted by Gasteiger charge is 2.40. The summed E-state index contributed by atoms with van der Waals surface area (Å²) in [5.74, 6) is -2.39. The van der Waals surface area contributed by atoms with E-state index in [1.54, 1.807) is 9.80 Å². The third-order valence-electron chi connectivity index (χ3n) is 8.06. The highest BCUT2D eigenvalue weighted by molar-refractivity contribution is 5.84. The molecule has 2 atom stereocenters. The number of ether oxygens (including phenoxy) is 1. The molecule has 1 fully saturated rings. The minimum Gasteiger partial charge on any atom is -0.492 e. The number of hydrogen-bond donors (Lipinski definition) is 1. The third kappa shape index (κ3) is 6.69. The zero-order valence-electron chi connectivity index (χ0n) is 24.0. The minimum atomic E-state index is -0.745. The maximum absolute atomic E-state index is 13.7. The Balaban J connectivity index is 1.15. The Labute approximate surface area is 252 Å². The van der Waals surface area contributed by atoms with Crippen molar-refractivity contribution in [3.8, 4) is 5.75 Å². The fourth-order valence-electron chi connectivity index (χ4n) is 5.89. The van der Waals surface area contributed by atoms with E-state index in [0.29, 0.717) is 42.8 Å². The molecule has 3 aromatic carbocycles. The second kappa shape index (κ2) is 12.8. The average Bonchev–Trinajstić information content (AvgIpc) is 3.62. The summed E-state index contributed by atoms with van der Waals surface area (Å²) in [4.78, 5) is 44.5. The van der Waals surface area contributed by atoms with E-state index in [1.807, 2.05) is 48.5 Å². The van der Waals surface area contributed by atoms with Crippen LogP contribution in [0, 0.1) is 17.6 Å². The van der Waals surface area contributed by atoms with Crippen LogP contribution in [0.25, 0.3) is 11.0 Å². The van der Waals surface area contributed by atoms with Gasteiger partial charge in [0.25, 0.3) is 0 Å². The number of likely N-dealkylation sites (tertiary alicyclic amines) is 1. The number of nitrogens with zero attached hydrogens (tertiary/aromatic N) is 5. The highest BCUT2D eigenvalue weighted by Crippen LogP contribution is 2.35. The predicted octanol–water partition coefficient (Wildman–Crippen LogP) is 2.92. The molecule has 1 N–H and O–H groups in total. The van der Waals surface area contributed by atoms with Gasteiger partial charge in [0.05, 0.1) is 18.9 Å².